The molecule has 5 heteroatoms. The van der Waals surface area contributed by atoms with Gasteiger partial charge in [0.15, 0.2) is 5.96 Å². The van der Waals surface area contributed by atoms with E-state index in [0.717, 1.165) is 24.7 Å². The number of pyridine rings is 1. The molecule has 0 saturated heterocycles. The predicted molar refractivity (Wildman–Crippen MR) is 94.0 cm³/mol. The maximum atomic E-state index is 4.61. The molecule has 1 atom stereocenters. The number of guanidine groups is 1. The minimum Gasteiger partial charge on any atom is -0.357 e. The maximum Gasteiger partial charge on any atom is 0.191 e. The summed E-state index contributed by atoms with van der Waals surface area (Å²) < 4.78 is 0. The van der Waals surface area contributed by atoms with Gasteiger partial charge in [0.2, 0.25) is 0 Å². The third-order valence-electron chi connectivity index (χ3n) is 3.45. The fraction of sp³-hybridized carbons (Fsp3) is 0.647. The summed E-state index contributed by atoms with van der Waals surface area (Å²) in [5, 5.41) is 6.74. The molecule has 0 spiro atoms. The summed E-state index contributed by atoms with van der Waals surface area (Å²) in [4.78, 5) is 11.2. The van der Waals surface area contributed by atoms with Crippen LogP contribution in [0.15, 0.2) is 29.4 Å². The highest BCUT2D eigenvalue weighted by Gasteiger charge is 2.13. The predicted octanol–water partition coefficient (Wildman–Crippen LogP) is 2.11. The van der Waals surface area contributed by atoms with Crippen molar-refractivity contribution in [2.45, 2.75) is 39.8 Å². The highest BCUT2D eigenvalue weighted by molar-refractivity contribution is 5.79. The molecule has 1 rings (SSSR count). The third-order valence-corrected chi connectivity index (χ3v) is 3.45. The van der Waals surface area contributed by atoms with Crippen molar-refractivity contribution < 1.29 is 0 Å². The number of nitrogens with zero attached hydrogens (tertiary/aromatic N) is 3. The Labute approximate surface area is 135 Å². The van der Waals surface area contributed by atoms with Crippen LogP contribution in [0.3, 0.4) is 0 Å². The summed E-state index contributed by atoms with van der Waals surface area (Å²) >= 11 is 0. The van der Waals surface area contributed by atoms with Crippen LogP contribution in [0.4, 0.5) is 0 Å². The molecule has 0 fully saturated rings. The van der Waals surface area contributed by atoms with E-state index in [2.05, 4.69) is 60.4 Å². The zero-order valence-corrected chi connectivity index (χ0v) is 14.6. The second kappa shape index (κ2) is 10.2. The lowest BCUT2D eigenvalue weighted by Crippen LogP contribution is -2.45. The summed E-state index contributed by atoms with van der Waals surface area (Å²) in [5.74, 6) is 1.53. The SMILES string of the molecule is CCNC(=NCc1ccccn1)NCC(CC(C)C)N(C)C. The monoisotopic (exact) mass is 305 g/mol. The van der Waals surface area contributed by atoms with Gasteiger partial charge < -0.3 is 15.5 Å². The largest absolute Gasteiger partial charge is 0.357 e. The van der Waals surface area contributed by atoms with Crippen LogP contribution in [0, 0.1) is 5.92 Å². The van der Waals surface area contributed by atoms with Gasteiger partial charge >= 0.3 is 0 Å². The zero-order valence-electron chi connectivity index (χ0n) is 14.6. The van der Waals surface area contributed by atoms with Crippen molar-refractivity contribution in [2.75, 3.05) is 27.2 Å². The molecular formula is C17H31N5. The average Bonchev–Trinajstić information content (AvgIpc) is 2.49. The molecule has 0 aliphatic rings. The van der Waals surface area contributed by atoms with Crippen LogP contribution < -0.4 is 10.6 Å². The van der Waals surface area contributed by atoms with E-state index in [0.29, 0.717) is 18.5 Å². The van der Waals surface area contributed by atoms with Gasteiger partial charge in [-0.2, -0.15) is 0 Å². The molecule has 1 unspecified atom stereocenters. The van der Waals surface area contributed by atoms with E-state index in [-0.39, 0.29) is 0 Å². The van der Waals surface area contributed by atoms with Gasteiger partial charge in [-0.1, -0.05) is 19.9 Å². The van der Waals surface area contributed by atoms with Crippen molar-refractivity contribution in [3.8, 4) is 0 Å². The highest BCUT2D eigenvalue weighted by Crippen LogP contribution is 2.08. The van der Waals surface area contributed by atoms with Crippen LogP contribution in [-0.4, -0.2) is 49.1 Å². The van der Waals surface area contributed by atoms with E-state index in [1.54, 1.807) is 6.20 Å². The van der Waals surface area contributed by atoms with E-state index in [1.807, 2.05) is 18.2 Å². The summed E-state index contributed by atoms with van der Waals surface area (Å²) in [6.45, 7) is 8.93. The van der Waals surface area contributed by atoms with Crippen molar-refractivity contribution in [1.82, 2.24) is 20.5 Å². The van der Waals surface area contributed by atoms with Crippen molar-refractivity contribution in [3.05, 3.63) is 30.1 Å². The molecule has 5 nitrogen and oxygen atoms in total. The Morgan fingerprint density at radius 2 is 2.05 bits per heavy atom. The van der Waals surface area contributed by atoms with Gasteiger partial charge in [0.05, 0.1) is 12.2 Å². The Hall–Kier alpha value is -1.62. The van der Waals surface area contributed by atoms with E-state index in [1.165, 1.54) is 6.42 Å². The lowest BCUT2D eigenvalue weighted by Gasteiger charge is -2.27. The molecule has 0 saturated carbocycles. The molecule has 0 bridgehead atoms. The van der Waals surface area contributed by atoms with Crippen LogP contribution in [0.5, 0.6) is 0 Å². The van der Waals surface area contributed by atoms with Gasteiger partial charge in [0.1, 0.15) is 0 Å². The molecule has 1 aromatic rings. The second-order valence-corrected chi connectivity index (χ2v) is 6.14. The average molecular weight is 305 g/mol. The number of nitrogens with one attached hydrogen (secondary N) is 2. The molecular weight excluding hydrogens is 274 g/mol. The molecule has 22 heavy (non-hydrogen) atoms. The van der Waals surface area contributed by atoms with Gasteiger partial charge in [-0.05, 0) is 45.5 Å². The van der Waals surface area contributed by atoms with Crippen molar-refractivity contribution >= 4 is 5.96 Å². The molecule has 0 aromatic carbocycles. The smallest absolute Gasteiger partial charge is 0.191 e. The molecule has 0 radical (unpaired) electrons. The van der Waals surface area contributed by atoms with Gasteiger partial charge in [-0.3, -0.25) is 4.98 Å². The molecule has 2 N–H and O–H groups in total. The van der Waals surface area contributed by atoms with E-state index in [9.17, 15) is 0 Å². The molecule has 1 aromatic heterocycles. The maximum absolute atomic E-state index is 4.61. The number of likely N-dealkylation sites (N-methyl/N-ethyl adjacent to an activating group) is 1. The molecule has 0 amide bonds. The number of rotatable bonds is 8. The summed E-state index contributed by atoms with van der Waals surface area (Å²) in [7, 11) is 4.26. The van der Waals surface area contributed by atoms with Crippen LogP contribution in [0.25, 0.3) is 0 Å². The minimum atomic E-state index is 0.499. The van der Waals surface area contributed by atoms with Crippen LogP contribution >= 0.6 is 0 Å². The number of hydrogen-bond acceptors (Lipinski definition) is 3. The first kappa shape index (κ1) is 18.4. The number of aliphatic imine (C=N–C) groups is 1. The van der Waals surface area contributed by atoms with Crippen LogP contribution in [0.1, 0.15) is 32.9 Å². The van der Waals surface area contributed by atoms with Crippen molar-refractivity contribution in [2.24, 2.45) is 10.9 Å². The topological polar surface area (TPSA) is 52.6 Å². The quantitative estimate of drug-likeness (QED) is 0.570. The first-order chi connectivity index (χ1) is 10.5. The Morgan fingerprint density at radius 1 is 1.27 bits per heavy atom. The van der Waals surface area contributed by atoms with Gasteiger partial charge in [-0.15, -0.1) is 0 Å². The first-order valence-electron chi connectivity index (χ1n) is 8.11. The van der Waals surface area contributed by atoms with Crippen LogP contribution in [-0.2, 0) is 6.54 Å². The zero-order chi connectivity index (χ0) is 16.4. The molecule has 0 aliphatic carbocycles. The standard InChI is InChI=1S/C17H31N5/c1-6-18-17(20-12-15-9-7-8-10-19-15)21-13-16(22(4)5)11-14(2)3/h7-10,14,16H,6,11-13H2,1-5H3,(H2,18,20,21). The Bertz CT molecular complexity index is 428. The normalized spacial score (nSPS) is 13.5. The van der Waals surface area contributed by atoms with E-state index < -0.39 is 0 Å². The lowest BCUT2D eigenvalue weighted by atomic mass is 10.0. The Morgan fingerprint density at radius 3 is 2.59 bits per heavy atom. The Balaban J connectivity index is 2.58. The minimum absolute atomic E-state index is 0.499. The van der Waals surface area contributed by atoms with E-state index in [4.69, 9.17) is 0 Å². The highest BCUT2D eigenvalue weighted by atomic mass is 15.2. The van der Waals surface area contributed by atoms with Gasteiger partial charge in [0.25, 0.3) is 0 Å². The van der Waals surface area contributed by atoms with E-state index >= 15 is 0 Å². The van der Waals surface area contributed by atoms with Gasteiger partial charge in [0, 0.05) is 25.3 Å². The fourth-order valence-corrected chi connectivity index (χ4v) is 2.23. The van der Waals surface area contributed by atoms with Crippen LogP contribution in [0.2, 0.25) is 0 Å². The van der Waals surface area contributed by atoms with Crippen molar-refractivity contribution in [1.29, 1.82) is 0 Å². The number of hydrogen-bond donors (Lipinski definition) is 2. The molecule has 1 heterocycles. The Kier molecular flexibility index (Phi) is 8.51. The molecule has 124 valence electrons. The number of aromatic nitrogens is 1. The first-order valence-corrected chi connectivity index (χ1v) is 8.11. The van der Waals surface area contributed by atoms with Gasteiger partial charge in [-0.25, -0.2) is 4.99 Å². The molecule has 0 aliphatic heterocycles. The lowest BCUT2D eigenvalue weighted by molar-refractivity contribution is 0.254. The fourth-order valence-electron chi connectivity index (χ4n) is 2.23. The third kappa shape index (κ3) is 7.41. The van der Waals surface area contributed by atoms with Crippen molar-refractivity contribution in [3.63, 3.8) is 0 Å². The summed E-state index contributed by atoms with van der Waals surface area (Å²) in [6.07, 6.45) is 2.97. The second-order valence-electron chi connectivity index (χ2n) is 6.14. The summed E-state index contributed by atoms with van der Waals surface area (Å²) in [6, 6.07) is 6.40. The summed E-state index contributed by atoms with van der Waals surface area (Å²) in [5.41, 5.74) is 0.978.